The molecule has 1 aromatic carbocycles. The minimum absolute atomic E-state index is 0.0966. The fourth-order valence-electron chi connectivity index (χ4n) is 5.11. The van der Waals surface area contributed by atoms with Crippen LogP contribution in [0.2, 0.25) is 0 Å². The summed E-state index contributed by atoms with van der Waals surface area (Å²) in [6.45, 7) is 6.40. The Hall–Kier alpha value is -3.55. The number of nitrogens with zero attached hydrogens (tertiary/aromatic N) is 1. The summed E-state index contributed by atoms with van der Waals surface area (Å²) >= 11 is 0. The lowest BCUT2D eigenvalue weighted by atomic mass is 9.91. The van der Waals surface area contributed by atoms with Crippen molar-refractivity contribution in [3.05, 3.63) is 29.8 Å². The van der Waals surface area contributed by atoms with Crippen molar-refractivity contribution in [3.63, 3.8) is 0 Å². The van der Waals surface area contributed by atoms with Crippen LogP contribution in [0, 0.1) is 5.92 Å². The predicted molar refractivity (Wildman–Crippen MR) is 151 cm³/mol. The number of Topliss-reactive ketones (excluding diaryl/α,β-unsaturated/α-hetero) is 1. The van der Waals surface area contributed by atoms with Crippen molar-refractivity contribution in [2.24, 2.45) is 5.92 Å². The van der Waals surface area contributed by atoms with E-state index in [1.54, 1.807) is 45.2 Å². The number of carbonyl (C=O) groups is 5. The van der Waals surface area contributed by atoms with E-state index in [-0.39, 0.29) is 55.9 Å². The Balaban J connectivity index is 1.44. The van der Waals surface area contributed by atoms with Crippen molar-refractivity contribution < 1.29 is 38.2 Å². The Bertz CT molecular complexity index is 1150. The lowest BCUT2D eigenvalue weighted by molar-refractivity contribution is -0.134. The van der Waals surface area contributed by atoms with Crippen molar-refractivity contribution >= 4 is 29.4 Å². The second-order valence-electron chi connectivity index (χ2n) is 11.3. The molecule has 3 fully saturated rings. The Morgan fingerprint density at radius 1 is 1.07 bits per heavy atom. The molecule has 3 aliphatic rings. The normalized spacial score (nSPS) is 24.1. The molecule has 1 aromatic rings. The van der Waals surface area contributed by atoms with E-state index in [2.05, 4.69) is 21.3 Å². The maximum absolute atomic E-state index is 13.7. The van der Waals surface area contributed by atoms with Crippen molar-refractivity contribution in [1.82, 2.24) is 26.2 Å². The first-order valence-corrected chi connectivity index (χ1v) is 14.3. The van der Waals surface area contributed by atoms with Crippen LogP contribution >= 0.6 is 0 Å². The van der Waals surface area contributed by atoms with E-state index in [9.17, 15) is 24.0 Å². The highest BCUT2D eigenvalue weighted by molar-refractivity contribution is 5.98. The van der Waals surface area contributed by atoms with Gasteiger partial charge in [-0.25, -0.2) is 0 Å². The third-order valence-electron chi connectivity index (χ3n) is 7.84. The van der Waals surface area contributed by atoms with E-state index in [4.69, 9.17) is 14.2 Å². The first-order chi connectivity index (χ1) is 20.1. The molecule has 0 unspecified atom stereocenters. The second kappa shape index (κ2) is 14.1. The van der Waals surface area contributed by atoms with Gasteiger partial charge in [-0.2, -0.15) is 0 Å². The van der Waals surface area contributed by atoms with E-state index in [0.717, 1.165) is 5.56 Å². The van der Waals surface area contributed by atoms with Crippen LogP contribution in [0.1, 0.15) is 32.3 Å². The van der Waals surface area contributed by atoms with Crippen molar-refractivity contribution in [2.45, 2.75) is 56.8 Å². The number of ether oxygens (including phenoxy) is 3. The smallest absolute Gasteiger partial charge is 0.243 e. The van der Waals surface area contributed by atoms with E-state index in [1.807, 2.05) is 4.90 Å². The lowest BCUT2D eigenvalue weighted by Crippen LogP contribution is -2.57. The highest BCUT2D eigenvalue weighted by atomic mass is 16.6. The highest BCUT2D eigenvalue weighted by Gasteiger charge is 2.50. The topological polar surface area (TPSA) is 168 Å². The molecule has 0 bridgehead atoms. The molecule has 0 aliphatic carbocycles. The first-order valence-electron chi connectivity index (χ1n) is 14.3. The van der Waals surface area contributed by atoms with E-state index in [1.165, 1.54) is 0 Å². The first kappa shape index (κ1) is 31.4. The van der Waals surface area contributed by atoms with Crippen LogP contribution in [-0.4, -0.2) is 111 Å². The Morgan fingerprint density at radius 2 is 1.74 bits per heavy atom. The van der Waals surface area contributed by atoms with E-state index in [0.29, 0.717) is 38.6 Å². The van der Waals surface area contributed by atoms with Crippen LogP contribution in [0.3, 0.4) is 0 Å². The van der Waals surface area contributed by atoms with Gasteiger partial charge in [0.15, 0.2) is 5.78 Å². The third kappa shape index (κ3) is 8.73. The van der Waals surface area contributed by atoms with Crippen LogP contribution in [0.15, 0.2) is 24.3 Å². The average Bonchev–Trinajstić information content (AvgIpc) is 3.60. The maximum Gasteiger partial charge on any atom is 0.243 e. The van der Waals surface area contributed by atoms with Gasteiger partial charge in [-0.05, 0) is 43.9 Å². The van der Waals surface area contributed by atoms with Gasteiger partial charge in [0, 0.05) is 32.5 Å². The van der Waals surface area contributed by atoms with Crippen molar-refractivity contribution in [1.29, 1.82) is 0 Å². The largest absolute Gasteiger partial charge is 0.497 e. The van der Waals surface area contributed by atoms with Crippen molar-refractivity contribution in [2.75, 3.05) is 53.1 Å². The zero-order valence-corrected chi connectivity index (χ0v) is 24.4. The van der Waals surface area contributed by atoms with Crippen LogP contribution in [-0.2, 0) is 39.9 Å². The number of epoxide rings is 1. The van der Waals surface area contributed by atoms with Gasteiger partial charge in [-0.1, -0.05) is 12.1 Å². The molecule has 4 N–H and O–H groups in total. The SMILES string of the molecule is COc1ccc(C[C@H](NC(=O)[C@H](C)NC(=O)CN2CCOCC2)C(=O)N[C@@H](C[C@H]2CNC(=O)C2)C(=O)[C@@]2(C)CO2)cc1. The lowest BCUT2D eigenvalue weighted by Gasteiger charge is -2.27. The van der Waals surface area contributed by atoms with Gasteiger partial charge in [-0.3, -0.25) is 28.9 Å². The van der Waals surface area contributed by atoms with Gasteiger partial charge in [0.2, 0.25) is 23.6 Å². The molecule has 4 amide bonds. The number of carbonyl (C=O) groups excluding carboxylic acids is 5. The van der Waals surface area contributed by atoms with Gasteiger partial charge >= 0.3 is 0 Å². The summed E-state index contributed by atoms with van der Waals surface area (Å²) in [4.78, 5) is 66.4. The Kier molecular flexibility index (Phi) is 10.5. The number of rotatable bonds is 14. The molecule has 42 heavy (non-hydrogen) atoms. The molecule has 5 atom stereocenters. The molecule has 13 heteroatoms. The summed E-state index contributed by atoms with van der Waals surface area (Å²) in [5.74, 6) is -1.24. The third-order valence-corrected chi connectivity index (χ3v) is 7.84. The summed E-state index contributed by atoms with van der Waals surface area (Å²) < 4.78 is 15.9. The standard InChI is InChI=1S/C29H41N5O8/c1-18(31-25(36)16-34-8-10-41-11-9-34)27(38)33-23(12-19-4-6-21(40-3)7-5-19)28(39)32-22(26(37)29(2)17-42-29)13-20-14-24(35)30-15-20/h4-7,18,20,22-23H,8-17H2,1-3H3,(H,30,35)(H,31,36)(H,32,39)(H,33,38)/t18-,20+,22-,23-,29+/m0/s1. The molecule has 13 nitrogen and oxygen atoms in total. The van der Waals surface area contributed by atoms with Crippen LogP contribution in [0.5, 0.6) is 5.75 Å². The molecule has 4 rings (SSSR count). The quantitative estimate of drug-likeness (QED) is 0.198. The molecule has 3 saturated heterocycles. The van der Waals surface area contributed by atoms with Gasteiger partial charge < -0.3 is 35.5 Å². The zero-order valence-electron chi connectivity index (χ0n) is 24.4. The molecular formula is C29H41N5O8. The van der Waals surface area contributed by atoms with Gasteiger partial charge in [0.1, 0.15) is 23.4 Å². The summed E-state index contributed by atoms with van der Waals surface area (Å²) in [5.41, 5.74) is -0.228. The molecular weight excluding hydrogens is 546 g/mol. The number of hydrogen-bond acceptors (Lipinski definition) is 9. The molecule has 3 aliphatic heterocycles. The van der Waals surface area contributed by atoms with Gasteiger partial charge in [0.25, 0.3) is 0 Å². The number of nitrogens with one attached hydrogen (secondary N) is 4. The van der Waals surface area contributed by atoms with E-state index >= 15 is 0 Å². The van der Waals surface area contributed by atoms with E-state index < -0.39 is 35.5 Å². The highest BCUT2D eigenvalue weighted by Crippen LogP contribution is 2.30. The van der Waals surface area contributed by atoms with Crippen LogP contribution in [0.4, 0.5) is 0 Å². The zero-order chi connectivity index (χ0) is 30.3. The summed E-state index contributed by atoms with van der Waals surface area (Å²) in [7, 11) is 1.55. The summed E-state index contributed by atoms with van der Waals surface area (Å²) in [6.07, 6.45) is 0.665. The molecule has 230 valence electrons. The van der Waals surface area contributed by atoms with Gasteiger partial charge in [-0.15, -0.1) is 0 Å². The number of amides is 4. The fourth-order valence-corrected chi connectivity index (χ4v) is 5.11. The fraction of sp³-hybridized carbons (Fsp3) is 0.621. The minimum atomic E-state index is -1.05. The summed E-state index contributed by atoms with van der Waals surface area (Å²) in [5, 5.41) is 11.1. The summed E-state index contributed by atoms with van der Waals surface area (Å²) in [6, 6.07) is 4.23. The number of hydrogen-bond donors (Lipinski definition) is 4. The van der Waals surface area contributed by atoms with Crippen molar-refractivity contribution in [3.8, 4) is 5.75 Å². The Labute approximate surface area is 245 Å². The van der Waals surface area contributed by atoms with Gasteiger partial charge in [0.05, 0.1) is 39.5 Å². The minimum Gasteiger partial charge on any atom is -0.497 e. The second-order valence-corrected chi connectivity index (χ2v) is 11.3. The number of morpholine rings is 1. The monoisotopic (exact) mass is 587 g/mol. The molecule has 3 heterocycles. The number of ketones is 1. The average molecular weight is 588 g/mol. The molecule has 0 aromatic heterocycles. The predicted octanol–water partition coefficient (Wildman–Crippen LogP) is -1.07. The number of methoxy groups -OCH3 is 1. The Morgan fingerprint density at radius 3 is 2.33 bits per heavy atom. The number of benzene rings is 1. The van der Waals surface area contributed by atoms with Crippen LogP contribution in [0.25, 0.3) is 0 Å². The van der Waals surface area contributed by atoms with Crippen LogP contribution < -0.4 is 26.0 Å². The molecule has 0 saturated carbocycles. The molecule has 0 spiro atoms. The molecule has 0 radical (unpaired) electrons. The maximum atomic E-state index is 13.7.